The molecule has 0 aliphatic carbocycles. The Balaban J connectivity index is 4.48. The second-order valence-electron chi connectivity index (χ2n) is 4.11. The van der Waals surface area contributed by atoms with Crippen LogP contribution in [0.2, 0.25) is 0 Å². The molecule has 0 bridgehead atoms. The lowest BCUT2D eigenvalue weighted by molar-refractivity contribution is -0.153. The third-order valence-electron chi connectivity index (χ3n) is 1.33. The summed E-state index contributed by atoms with van der Waals surface area (Å²) < 4.78 is 4.44. The normalized spacial score (nSPS) is 12.1. The van der Waals surface area contributed by atoms with Crippen molar-refractivity contribution in [1.29, 1.82) is 0 Å². The molecule has 0 spiro atoms. The molecule has 0 aromatic carbocycles. The Morgan fingerprint density at radius 3 is 2.14 bits per heavy atom. The van der Waals surface area contributed by atoms with Crippen molar-refractivity contribution in [2.75, 3.05) is 0 Å². The van der Waals surface area contributed by atoms with E-state index in [-0.39, 0.29) is 5.41 Å². The van der Waals surface area contributed by atoms with Crippen LogP contribution in [0.4, 0.5) is 0 Å². The number of carbonyl (C=O) groups excluding carboxylic acids is 2. The quantitative estimate of drug-likeness (QED) is 0.386. The third-order valence-corrected chi connectivity index (χ3v) is 1.33. The van der Waals surface area contributed by atoms with Gasteiger partial charge in [0, 0.05) is 11.6 Å². The first kappa shape index (κ1) is 12.6. The summed E-state index contributed by atoms with van der Waals surface area (Å²) >= 11 is 0. The molecule has 78 valence electrons. The second kappa shape index (κ2) is 4.74. The highest BCUT2D eigenvalue weighted by Gasteiger charge is 2.13. The van der Waals surface area contributed by atoms with Crippen molar-refractivity contribution in [3.63, 3.8) is 0 Å². The van der Waals surface area contributed by atoms with Crippen LogP contribution in [0.15, 0.2) is 24.3 Å². The van der Waals surface area contributed by atoms with E-state index in [0.29, 0.717) is 5.57 Å². The SMILES string of the molecule is C=CC(=O)OC(=O)C(C)=CC(C)(C)C. The predicted molar refractivity (Wildman–Crippen MR) is 54.5 cm³/mol. The largest absolute Gasteiger partial charge is 0.386 e. The summed E-state index contributed by atoms with van der Waals surface area (Å²) in [6, 6.07) is 0. The third kappa shape index (κ3) is 5.30. The molecule has 0 rings (SSSR count). The number of allylic oxidation sites excluding steroid dienone is 1. The van der Waals surface area contributed by atoms with Gasteiger partial charge in [0.05, 0.1) is 0 Å². The number of esters is 2. The fourth-order valence-corrected chi connectivity index (χ4v) is 0.922. The molecule has 14 heavy (non-hydrogen) atoms. The van der Waals surface area contributed by atoms with Crippen molar-refractivity contribution < 1.29 is 14.3 Å². The molecule has 0 aromatic rings. The number of hydrogen-bond donors (Lipinski definition) is 0. The molecule has 3 heteroatoms. The molecule has 3 nitrogen and oxygen atoms in total. The van der Waals surface area contributed by atoms with Crippen LogP contribution in [-0.4, -0.2) is 11.9 Å². The molecule has 0 heterocycles. The lowest BCUT2D eigenvalue weighted by Gasteiger charge is -2.13. The van der Waals surface area contributed by atoms with Gasteiger partial charge in [-0.15, -0.1) is 0 Å². The standard InChI is InChI=1S/C11H16O3/c1-6-9(12)14-10(13)8(2)7-11(3,4)5/h6-7H,1H2,2-5H3. The zero-order chi connectivity index (χ0) is 11.4. The molecule has 0 aliphatic heterocycles. The highest BCUT2D eigenvalue weighted by molar-refractivity contribution is 5.98. The molecule has 0 aromatic heterocycles. The van der Waals surface area contributed by atoms with Crippen LogP contribution in [0.3, 0.4) is 0 Å². The van der Waals surface area contributed by atoms with Gasteiger partial charge < -0.3 is 4.74 Å². The Kier molecular flexibility index (Phi) is 4.28. The maximum absolute atomic E-state index is 11.2. The van der Waals surface area contributed by atoms with Crippen LogP contribution < -0.4 is 0 Å². The molecule has 0 amide bonds. The average molecular weight is 196 g/mol. The van der Waals surface area contributed by atoms with Gasteiger partial charge in [-0.1, -0.05) is 33.4 Å². The van der Waals surface area contributed by atoms with Gasteiger partial charge in [0.25, 0.3) is 0 Å². The lowest BCUT2D eigenvalue weighted by Crippen LogP contribution is -2.13. The number of rotatable bonds is 2. The van der Waals surface area contributed by atoms with Gasteiger partial charge in [0.1, 0.15) is 0 Å². The Labute approximate surface area is 84.4 Å². The molecular formula is C11H16O3. The number of hydrogen-bond acceptors (Lipinski definition) is 3. The lowest BCUT2D eigenvalue weighted by atomic mass is 9.94. The van der Waals surface area contributed by atoms with E-state index in [0.717, 1.165) is 6.08 Å². The predicted octanol–water partition coefficient (Wildman–Crippen LogP) is 2.23. The van der Waals surface area contributed by atoms with Crippen LogP contribution in [0, 0.1) is 5.41 Å². The minimum Gasteiger partial charge on any atom is -0.386 e. The van der Waals surface area contributed by atoms with E-state index in [1.165, 1.54) is 0 Å². The summed E-state index contributed by atoms with van der Waals surface area (Å²) in [5.41, 5.74) is 0.313. The van der Waals surface area contributed by atoms with Crippen molar-refractivity contribution in [2.24, 2.45) is 5.41 Å². The summed E-state index contributed by atoms with van der Waals surface area (Å²) in [6.45, 7) is 10.7. The van der Waals surface area contributed by atoms with Crippen molar-refractivity contribution in [2.45, 2.75) is 27.7 Å². The van der Waals surface area contributed by atoms with Gasteiger partial charge in [0.15, 0.2) is 0 Å². The molecule has 0 saturated carbocycles. The molecule has 0 radical (unpaired) electrons. The summed E-state index contributed by atoms with van der Waals surface area (Å²) in [5, 5.41) is 0. The molecular weight excluding hydrogens is 180 g/mol. The van der Waals surface area contributed by atoms with Crippen LogP contribution in [0.25, 0.3) is 0 Å². The Hall–Kier alpha value is -1.38. The van der Waals surface area contributed by atoms with E-state index < -0.39 is 11.9 Å². The van der Waals surface area contributed by atoms with E-state index in [9.17, 15) is 9.59 Å². The topological polar surface area (TPSA) is 43.4 Å². The highest BCUT2D eigenvalue weighted by Crippen LogP contribution is 2.17. The minimum atomic E-state index is -0.725. The van der Waals surface area contributed by atoms with Gasteiger partial charge in [-0.05, 0) is 12.3 Å². The molecule has 0 aliphatic rings. The van der Waals surface area contributed by atoms with E-state index in [4.69, 9.17) is 0 Å². The Morgan fingerprint density at radius 1 is 1.29 bits per heavy atom. The van der Waals surface area contributed by atoms with Crippen LogP contribution in [-0.2, 0) is 14.3 Å². The maximum Gasteiger partial charge on any atom is 0.341 e. The van der Waals surface area contributed by atoms with Crippen LogP contribution in [0.5, 0.6) is 0 Å². The summed E-state index contributed by atoms with van der Waals surface area (Å²) in [6.07, 6.45) is 2.72. The maximum atomic E-state index is 11.2. The number of carbonyl (C=O) groups is 2. The van der Waals surface area contributed by atoms with E-state index in [2.05, 4.69) is 11.3 Å². The molecule has 0 N–H and O–H groups in total. The summed E-state index contributed by atoms with van der Waals surface area (Å²) in [5.74, 6) is -1.35. The van der Waals surface area contributed by atoms with Gasteiger partial charge in [-0.25, -0.2) is 9.59 Å². The minimum absolute atomic E-state index is 0.111. The Bertz CT molecular complexity index is 279. The monoisotopic (exact) mass is 196 g/mol. The fourth-order valence-electron chi connectivity index (χ4n) is 0.922. The molecule has 0 saturated heterocycles. The average Bonchev–Trinajstić information content (AvgIpc) is 2.00. The number of ether oxygens (including phenoxy) is 1. The fraction of sp³-hybridized carbons (Fsp3) is 0.455. The van der Waals surface area contributed by atoms with Crippen molar-refractivity contribution in [1.82, 2.24) is 0 Å². The van der Waals surface area contributed by atoms with Crippen molar-refractivity contribution in [3.05, 3.63) is 24.3 Å². The van der Waals surface area contributed by atoms with E-state index in [1.807, 2.05) is 20.8 Å². The van der Waals surface area contributed by atoms with Crippen LogP contribution in [0.1, 0.15) is 27.7 Å². The second-order valence-corrected chi connectivity index (χ2v) is 4.11. The highest BCUT2D eigenvalue weighted by atomic mass is 16.6. The smallest absolute Gasteiger partial charge is 0.341 e. The summed E-state index contributed by atoms with van der Waals surface area (Å²) in [4.78, 5) is 21.9. The first-order valence-corrected chi connectivity index (χ1v) is 4.34. The van der Waals surface area contributed by atoms with Gasteiger partial charge in [-0.2, -0.15) is 0 Å². The van der Waals surface area contributed by atoms with Gasteiger partial charge >= 0.3 is 11.9 Å². The molecule has 0 atom stereocenters. The van der Waals surface area contributed by atoms with Crippen LogP contribution >= 0.6 is 0 Å². The van der Waals surface area contributed by atoms with Crippen molar-refractivity contribution >= 4 is 11.9 Å². The zero-order valence-electron chi connectivity index (χ0n) is 9.09. The van der Waals surface area contributed by atoms with Crippen molar-refractivity contribution in [3.8, 4) is 0 Å². The first-order valence-electron chi connectivity index (χ1n) is 4.34. The van der Waals surface area contributed by atoms with Gasteiger partial charge in [0.2, 0.25) is 0 Å². The van der Waals surface area contributed by atoms with Gasteiger partial charge in [-0.3, -0.25) is 0 Å². The molecule has 0 fully saturated rings. The first-order chi connectivity index (χ1) is 6.26. The Morgan fingerprint density at radius 2 is 1.79 bits per heavy atom. The molecule has 0 unspecified atom stereocenters. The van der Waals surface area contributed by atoms with E-state index in [1.54, 1.807) is 13.0 Å². The zero-order valence-corrected chi connectivity index (χ0v) is 9.09. The summed E-state index contributed by atoms with van der Waals surface area (Å²) in [7, 11) is 0. The van der Waals surface area contributed by atoms with E-state index >= 15 is 0 Å².